The number of hydrogen-bond acceptors (Lipinski definition) is 6. The largest absolute Gasteiger partial charge is 0.517 e. The Balaban J connectivity index is 2.12. The van der Waals surface area contributed by atoms with Gasteiger partial charge in [0.15, 0.2) is 0 Å². The molecule has 0 aromatic heterocycles. The minimum Gasteiger partial charge on any atom is -0.480 e. The summed E-state index contributed by atoms with van der Waals surface area (Å²) in [5, 5.41) is 0. The molecule has 1 aliphatic heterocycles. The van der Waals surface area contributed by atoms with E-state index >= 15 is 0 Å². The third kappa shape index (κ3) is 5.18. The second kappa shape index (κ2) is 9.78. The summed E-state index contributed by atoms with van der Waals surface area (Å²) in [5.41, 5.74) is -14.3. The van der Waals surface area contributed by atoms with Crippen molar-refractivity contribution < 1.29 is 52.7 Å². The van der Waals surface area contributed by atoms with Gasteiger partial charge in [0.1, 0.15) is 12.4 Å². The molecule has 0 saturated carbocycles. The van der Waals surface area contributed by atoms with Crippen LogP contribution in [-0.4, -0.2) is 51.8 Å². The number of ether oxygens (including phenoxy) is 1. The molecule has 0 radical (unpaired) electrons. The third-order valence-electron chi connectivity index (χ3n) is 5.15. The molecular formula is C21H16F6N2O6S2. The standard InChI is InChI=1S/C21H16F6N2O6S2/c1-2-12-35-17-9-5-7-14-10-11-28(19(30)18(14)17)13-15-6-3-4-8-16(15)29(36(31,32)20(22,23)24)37(33,34)21(25,26)27/h1,3-9H,10-13H2. The summed E-state index contributed by atoms with van der Waals surface area (Å²) in [6.07, 6.45) is 5.36. The van der Waals surface area contributed by atoms with Gasteiger partial charge in [-0.1, -0.05) is 36.3 Å². The van der Waals surface area contributed by atoms with Crippen LogP contribution in [0.1, 0.15) is 21.5 Å². The van der Waals surface area contributed by atoms with Crippen LogP contribution in [0.5, 0.6) is 5.75 Å². The molecule has 0 bridgehead atoms. The summed E-state index contributed by atoms with van der Waals surface area (Å²) >= 11 is 0. The minimum atomic E-state index is -7.09. The maximum atomic E-state index is 13.3. The fourth-order valence-corrected chi connectivity index (χ4v) is 6.33. The van der Waals surface area contributed by atoms with Gasteiger partial charge < -0.3 is 9.64 Å². The van der Waals surface area contributed by atoms with Gasteiger partial charge in [-0.15, -0.1) is 10.1 Å². The molecule has 0 spiro atoms. The van der Waals surface area contributed by atoms with Crippen molar-refractivity contribution in [1.29, 1.82) is 0 Å². The maximum absolute atomic E-state index is 13.3. The molecule has 2 aromatic carbocycles. The second-order valence-electron chi connectivity index (χ2n) is 7.49. The zero-order chi connectivity index (χ0) is 27.8. The molecular weight excluding hydrogens is 554 g/mol. The highest BCUT2D eigenvalue weighted by Crippen LogP contribution is 2.40. The highest BCUT2D eigenvalue weighted by molar-refractivity contribution is 8.11. The summed E-state index contributed by atoms with van der Waals surface area (Å²) in [7, 11) is -14.2. The molecule has 1 aliphatic rings. The van der Waals surface area contributed by atoms with E-state index in [9.17, 15) is 48.0 Å². The van der Waals surface area contributed by atoms with Crippen molar-refractivity contribution in [3.63, 3.8) is 0 Å². The van der Waals surface area contributed by atoms with Gasteiger partial charge in [0.25, 0.3) is 5.91 Å². The van der Waals surface area contributed by atoms with E-state index in [-0.39, 0.29) is 30.9 Å². The van der Waals surface area contributed by atoms with Crippen molar-refractivity contribution in [3.8, 4) is 18.1 Å². The first-order valence-electron chi connectivity index (χ1n) is 10.0. The van der Waals surface area contributed by atoms with Gasteiger partial charge in [0, 0.05) is 13.1 Å². The van der Waals surface area contributed by atoms with Crippen LogP contribution < -0.4 is 8.45 Å². The van der Waals surface area contributed by atoms with Crippen LogP contribution in [0.15, 0.2) is 42.5 Å². The number of benzene rings is 2. The lowest BCUT2D eigenvalue weighted by Gasteiger charge is -2.32. The molecule has 0 saturated heterocycles. The number of rotatable bonds is 7. The molecule has 0 fully saturated rings. The molecule has 0 unspecified atom stereocenters. The first-order chi connectivity index (χ1) is 17.0. The smallest absolute Gasteiger partial charge is 0.480 e. The Labute approximate surface area is 207 Å². The Bertz CT molecular complexity index is 1420. The molecule has 0 N–H and O–H groups in total. The molecule has 200 valence electrons. The zero-order valence-corrected chi connectivity index (χ0v) is 20.0. The van der Waals surface area contributed by atoms with Crippen LogP contribution in [0.3, 0.4) is 0 Å². The number of anilines is 1. The first-order valence-corrected chi connectivity index (χ1v) is 12.9. The van der Waals surface area contributed by atoms with Gasteiger partial charge in [-0.05, 0) is 29.7 Å². The quantitative estimate of drug-likeness (QED) is 0.374. The molecule has 2 aromatic rings. The number of nitrogens with zero attached hydrogens (tertiary/aromatic N) is 2. The van der Waals surface area contributed by atoms with Crippen LogP contribution in [0.25, 0.3) is 0 Å². The number of carbonyl (C=O) groups excluding carboxylic acids is 1. The predicted molar refractivity (Wildman–Crippen MR) is 118 cm³/mol. The number of fused-ring (bicyclic) bond motifs is 1. The molecule has 0 aliphatic carbocycles. The number of hydrogen-bond donors (Lipinski definition) is 0. The Kier molecular flexibility index (Phi) is 7.44. The van der Waals surface area contributed by atoms with Crippen LogP contribution >= 0.6 is 0 Å². The van der Waals surface area contributed by atoms with Crippen molar-refractivity contribution in [2.75, 3.05) is 16.9 Å². The van der Waals surface area contributed by atoms with Crippen molar-refractivity contribution in [1.82, 2.24) is 4.90 Å². The molecule has 3 rings (SSSR count). The third-order valence-corrected chi connectivity index (χ3v) is 8.76. The number of alkyl halides is 6. The van der Waals surface area contributed by atoms with Crippen LogP contribution in [0.4, 0.5) is 32.0 Å². The fraction of sp³-hybridized carbons (Fsp3) is 0.286. The maximum Gasteiger partial charge on any atom is 0.517 e. The number of sulfonamides is 2. The highest BCUT2D eigenvalue weighted by atomic mass is 32.3. The Morgan fingerprint density at radius 2 is 1.54 bits per heavy atom. The number of carbonyl (C=O) groups is 1. The molecule has 0 atom stereocenters. The first kappa shape index (κ1) is 28.1. The highest BCUT2D eigenvalue weighted by Gasteiger charge is 2.62. The Hall–Kier alpha value is -3.45. The number of terminal acetylenes is 1. The summed E-state index contributed by atoms with van der Waals surface area (Å²) in [6, 6.07) is 7.97. The lowest BCUT2D eigenvalue weighted by Crippen LogP contribution is -2.50. The van der Waals surface area contributed by atoms with Gasteiger partial charge >= 0.3 is 31.1 Å². The normalized spacial score (nSPS) is 14.6. The van der Waals surface area contributed by atoms with Crippen molar-refractivity contribution >= 4 is 31.6 Å². The Morgan fingerprint density at radius 1 is 0.946 bits per heavy atom. The molecule has 1 heterocycles. The van der Waals surface area contributed by atoms with Crippen molar-refractivity contribution in [2.24, 2.45) is 0 Å². The molecule has 16 heteroatoms. The summed E-state index contributed by atoms with van der Waals surface area (Å²) in [5.74, 6) is 1.55. The van der Waals surface area contributed by atoms with E-state index in [0.717, 1.165) is 23.1 Å². The van der Waals surface area contributed by atoms with Gasteiger partial charge in [0.05, 0.1) is 11.3 Å². The summed E-state index contributed by atoms with van der Waals surface area (Å²) in [4.78, 5) is 14.2. The number of halogens is 6. The lowest BCUT2D eigenvalue weighted by molar-refractivity contribution is -0.0462. The molecule has 37 heavy (non-hydrogen) atoms. The number of para-hydroxylation sites is 1. The molecule has 8 nitrogen and oxygen atoms in total. The van der Waals surface area contributed by atoms with E-state index in [1.165, 1.54) is 6.07 Å². The topological polar surface area (TPSA) is 101 Å². The van der Waals surface area contributed by atoms with Crippen LogP contribution in [0, 0.1) is 12.3 Å². The molecule has 1 amide bonds. The van der Waals surface area contributed by atoms with E-state index < -0.39 is 58.5 Å². The number of amides is 1. The van der Waals surface area contributed by atoms with E-state index in [0.29, 0.717) is 11.6 Å². The lowest BCUT2D eigenvalue weighted by atomic mass is 9.97. The fourth-order valence-electron chi connectivity index (χ4n) is 3.54. The summed E-state index contributed by atoms with van der Waals surface area (Å²) in [6.45, 7) is -1.00. The van der Waals surface area contributed by atoms with E-state index in [2.05, 4.69) is 5.92 Å². The Morgan fingerprint density at radius 3 is 2.11 bits per heavy atom. The van der Waals surface area contributed by atoms with E-state index in [4.69, 9.17) is 11.2 Å². The minimum absolute atomic E-state index is 0.0455. The van der Waals surface area contributed by atoms with Gasteiger partial charge in [-0.3, -0.25) is 4.79 Å². The SMILES string of the molecule is C#CCOc1cccc2c1C(=O)N(Cc1ccccc1N(S(=O)(=O)C(F)(F)F)S(=O)(=O)C(F)(F)F)CC2. The van der Waals surface area contributed by atoms with Crippen LogP contribution in [-0.2, 0) is 33.0 Å². The van der Waals surface area contributed by atoms with Gasteiger partial charge in [0.2, 0.25) is 0 Å². The second-order valence-corrected chi connectivity index (χ2v) is 11.3. The van der Waals surface area contributed by atoms with E-state index in [1.807, 2.05) is 0 Å². The zero-order valence-electron chi connectivity index (χ0n) is 18.4. The monoisotopic (exact) mass is 570 g/mol. The average Bonchev–Trinajstić information content (AvgIpc) is 2.78. The van der Waals surface area contributed by atoms with Crippen molar-refractivity contribution in [2.45, 2.75) is 24.0 Å². The average molecular weight is 570 g/mol. The van der Waals surface area contributed by atoms with Crippen LogP contribution in [0.2, 0.25) is 0 Å². The van der Waals surface area contributed by atoms with Gasteiger partial charge in [-0.25, -0.2) is 0 Å². The van der Waals surface area contributed by atoms with Gasteiger partial charge in [-0.2, -0.15) is 43.2 Å². The predicted octanol–water partition coefficient (Wildman–Crippen LogP) is 3.40. The van der Waals surface area contributed by atoms with E-state index in [1.54, 1.807) is 12.1 Å². The summed E-state index contributed by atoms with van der Waals surface area (Å²) < 4.78 is 132. The van der Waals surface area contributed by atoms with Crippen molar-refractivity contribution in [3.05, 3.63) is 59.2 Å².